The van der Waals surface area contributed by atoms with Gasteiger partial charge in [-0.05, 0) is 37.0 Å². The van der Waals surface area contributed by atoms with E-state index in [0.717, 1.165) is 39.9 Å². The fourth-order valence-corrected chi connectivity index (χ4v) is 4.36. The normalized spacial score (nSPS) is 15.9. The highest BCUT2D eigenvalue weighted by Gasteiger charge is 2.35. The van der Waals surface area contributed by atoms with Crippen LogP contribution in [0.5, 0.6) is 0 Å². The van der Waals surface area contributed by atoms with Crippen LogP contribution in [-0.2, 0) is 13.0 Å². The van der Waals surface area contributed by atoms with Crippen molar-refractivity contribution < 1.29 is 9.32 Å². The quantitative estimate of drug-likeness (QED) is 0.363. The first kappa shape index (κ1) is 22.6. The third kappa shape index (κ3) is 4.60. The van der Waals surface area contributed by atoms with Crippen molar-refractivity contribution in [1.82, 2.24) is 20.4 Å². The maximum absolute atomic E-state index is 13.3. The van der Waals surface area contributed by atoms with E-state index in [1.54, 1.807) is 4.90 Å². The van der Waals surface area contributed by atoms with Crippen LogP contribution >= 0.6 is 0 Å². The third-order valence-electron chi connectivity index (χ3n) is 6.47. The first-order valence-electron chi connectivity index (χ1n) is 11.9. The molecule has 3 aromatic carbocycles. The molecule has 2 amide bonds. The molecule has 1 aromatic heterocycles. The minimum Gasteiger partial charge on any atom is -0.334 e. The number of allylic oxidation sites excluding steroid dienone is 1. The molecule has 5 rings (SSSR count). The predicted octanol–water partition coefficient (Wildman–Crippen LogP) is 6.31. The molecule has 6 nitrogen and oxygen atoms in total. The molecule has 0 saturated carbocycles. The van der Waals surface area contributed by atoms with E-state index in [0.29, 0.717) is 18.3 Å². The predicted molar refractivity (Wildman–Crippen MR) is 136 cm³/mol. The van der Waals surface area contributed by atoms with Crippen molar-refractivity contribution in [3.63, 3.8) is 0 Å². The maximum Gasteiger partial charge on any atom is 0.322 e. The summed E-state index contributed by atoms with van der Waals surface area (Å²) in [5, 5.41) is 7.44. The van der Waals surface area contributed by atoms with Gasteiger partial charge in [0.2, 0.25) is 5.82 Å². The zero-order chi connectivity index (χ0) is 24.4. The van der Waals surface area contributed by atoms with Crippen molar-refractivity contribution in [2.24, 2.45) is 0 Å². The first-order chi connectivity index (χ1) is 17.0. The second kappa shape index (κ2) is 9.58. The van der Waals surface area contributed by atoms with Gasteiger partial charge in [-0.2, -0.15) is 4.98 Å². The van der Waals surface area contributed by atoms with Crippen LogP contribution in [0.25, 0.3) is 17.0 Å². The smallest absolute Gasteiger partial charge is 0.322 e. The maximum atomic E-state index is 13.3. The number of nitrogens with one attached hydrogen (secondary N) is 1. The molecule has 0 radical (unpaired) electrons. The van der Waals surface area contributed by atoms with Gasteiger partial charge in [0.25, 0.3) is 5.89 Å². The van der Waals surface area contributed by atoms with Crippen LogP contribution in [0.2, 0.25) is 0 Å². The summed E-state index contributed by atoms with van der Waals surface area (Å²) in [4.78, 5) is 19.7. The van der Waals surface area contributed by atoms with Crippen LogP contribution in [0, 0.1) is 6.92 Å². The second-order valence-electron chi connectivity index (χ2n) is 8.84. The van der Waals surface area contributed by atoms with Gasteiger partial charge >= 0.3 is 6.03 Å². The minimum absolute atomic E-state index is 0.155. The molecule has 0 aliphatic carbocycles. The van der Waals surface area contributed by atoms with Crippen LogP contribution in [-0.4, -0.2) is 21.1 Å². The van der Waals surface area contributed by atoms with Crippen molar-refractivity contribution >= 4 is 11.6 Å². The summed E-state index contributed by atoms with van der Waals surface area (Å²) in [6.45, 7) is 6.56. The summed E-state index contributed by atoms with van der Waals surface area (Å²) >= 11 is 0. The number of benzene rings is 3. The Hall–Kier alpha value is -4.19. The van der Waals surface area contributed by atoms with Gasteiger partial charge in [-0.3, -0.25) is 4.90 Å². The average molecular weight is 465 g/mol. The van der Waals surface area contributed by atoms with Crippen LogP contribution in [0.4, 0.5) is 4.79 Å². The number of carbonyl (C=O) groups is 1. The molecule has 1 unspecified atom stereocenters. The van der Waals surface area contributed by atoms with Crippen LogP contribution in [0.15, 0.2) is 89.1 Å². The lowest BCUT2D eigenvalue weighted by molar-refractivity contribution is 0.203. The van der Waals surface area contributed by atoms with Crippen molar-refractivity contribution in [3.05, 3.63) is 113 Å². The number of amides is 2. The van der Waals surface area contributed by atoms with Gasteiger partial charge in [0.1, 0.15) is 0 Å². The average Bonchev–Trinajstić information content (AvgIpc) is 3.37. The molecule has 1 atom stereocenters. The van der Waals surface area contributed by atoms with E-state index in [4.69, 9.17) is 9.51 Å². The van der Waals surface area contributed by atoms with Gasteiger partial charge in [-0.25, -0.2) is 4.79 Å². The molecule has 0 fully saturated rings. The third-order valence-corrected chi connectivity index (χ3v) is 6.47. The van der Waals surface area contributed by atoms with Crippen LogP contribution in [0.3, 0.4) is 0 Å². The highest BCUT2D eigenvalue weighted by molar-refractivity contribution is 5.86. The number of nitrogens with zero attached hydrogens (tertiary/aromatic N) is 3. The molecule has 6 heteroatoms. The summed E-state index contributed by atoms with van der Waals surface area (Å²) in [6.07, 6.45) is 0.952. The molecule has 1 aliphatic heterocycles. The van der Waals surface area contributed by atoms with Gasteiger partial charge in [0.15, 0.2) is 0 Å². The molecule has 2 heterocycles. The zero-order valence-electron chi connectivity index (χ0n) is 20.2. The molecule has 1 N–H and O–H groups in total. The Bertz CT molecular complexity index is 1360. The Balaban J connectivity index is 1.58. The Kier molecular flexibility index (Phi) is 6.19. The summed E-state index contributed by atoms with van der Waals surface area (Å²) < 4.78 is 5.79. The minimum atomic E-state index is -0.397. The van der Waals surface area contributed by atoms with E-state index in [1.807, 2.05) is 68.4 Å². The van der Waals surface area contributed by atoms with Crippen LogP contribution in [0.1, 0.15) is 48.0 Å². The van der Waals surface area contributed by atoms with E-state index in [2.05, 4.69) is 41.7 Å². The fourth-order valence-electron chi connectivity index (χ4n) is 4.36. The molecular weight excluding hydrogens is 436 g/mol. The number of rotatable bonds is 6. The first-order valence-corrected chi connectivity index (χ1v) is 11.9. The number of aryl methyl sites for hydroxylation is 2. The molecular formula is C29H28N4O2. The Morgan fingerprint density at radius 2 is 1.63 bits per heavy atom. The highest BCUT2D eigenvalue weighted by Crippen LogP contribution is 2.38. The van der Waals surface area contributed by atoms with Gasteiger partial charge in [-0.1, -0.05) is 96.5 Å². The summed E-state index contributed by atoms with van der Waals surface area (Å²) in [6, 6.07) is 25.7. The lowest BCUT2D eigenvalue weighted by Gasteiger charge is -2.35. The summed E-state index contributed by atoms with van der Waals surface area (Å²) in [5.74, 6) is 0.924. The van der Waals surface area contributed by atoms with Crippen molar-refractivity contribution in [3.8, 4) is 11.4 Å². The number of hydrogen-bond donors (Lipinski definition) is 1. The molecule has 4 aromatic rings. The van der Waals surface area contributed by atoms with E-state index in [1.165, 1.54) is 5.56 Å². The lowest BCUT2D eigenvalue weighted by Crippen LogP contribution is -2.45. The molecule has 1 aliphatic rings. The van der Waals surface area contributed by atoms with Crippen LogP contribution < -0.4 is 5.32 Å². The Morgan fingerprint density at radius 1 is 0.914 bits per heavy atom. The molecule has 0 saturated heterocycles. The number of hydrogen-bond acceptors (Lipinski definition) is 4. The van der Waals surface area contributed by atoms with E-state index in [-0.39, 0.29) is 6.03 Å². The van der Waals surface area contributed by atoms with Gasteiger partial charge in [0, 0.05) is 11.3 Å². The van der Waals surface area contributed by atoms with E-state index < -0.39 is 6.04 Å². The van der Waals surface area contributed by atoms with Crippen molar-refractivity contribution in [1.29, 1.82) is 0 Å². The standard InChI is InChI=1S/C29H28N4O2/c1-4-21-12-16-23(17-13-21)26-25(28-31-27(32-35-28)24-14-10-19(2)11-15-24)20(3)33(29(34)30-26)18-22-8-6-5-7-9-22/h5-17,26H,4,18H2,1-3H3,(H,30,34). The van der Waals surface area contributed by atoms with Gasteiger partial charge < -0.3 is 9.84 Å². The van der Waals surface area contributed by atoms with Crippen molar-refractivity contribution in [2.45, 2.75) is 39.8 Å². The van der Waals surface area contributed by atoms with Gasteiger partial charge in [-0.15, -0.1) is 0 Å². The number of urea groups is 1. The summed E-state index contributed by atoms with van der Waals surface area (Å²) in [7, 11) is 0. The Morgan fingerprint density at radius 3 is 2.31 bits per heavy atom. The summed E-state index contributed by atoms with van der Waals surface area (Å²) in [5.41, 5.74) is 6.89. The number of aromatic nitrogens is 2. The zero-order valence-corrected chi connectivity index (χ0v) is 20.2. The lowest BCUT2D eigenvalue weighted by atomic mass is 9.93. The van der Waals surface area contributed by atoms with Crippen molar-refractivity contribution in [2.75, 3.05) is 0 Å². The molecule has 176 valence electrons. The molecule has 0 bridgehead atoms. The highest BCUT2D eigenvalue weighted by atomic mass is 16.5. The SMILES string of the molecule is CCc1ccc(C2NC(=O)N(Cc3ccccc3)C(C)=C2c2nc(-c3ccc(C)cc3)no2)cc1. The molecule has 0 spiro atoms. The largest absolute Gasteiger partial charge is 0.334 e. The molecule has 35 heavy (non-hydrogen) atoms. The number of carbonyl (C=O) groups excluding carboxylic acids is 1. The monoisotopic (exact) mass is 464 g/mol. The van der Waals surface area contributed by atoms with E-state index in [9.17, 15) is 4.79 Å². The van der Waals surface area contributed by atoms with E-state index >= 15 is 0 Å². The topological polar surface area (TPSA) is 71.3 Å². The van der Waals surface area contributed by atoms with Gasteiger partial charge in [0.05, 0.1) is 18.2 Å². The fraction of sp³-hybridized carbons (Fsp3) is 0.207. The second-order valence-corrected chi connectivity index (χ2v) is 8.84. The Labute approximate surface area is 205 Å².